The highest BCUT2D eigenvalue weighted by molar-refractivity contribution is 7.10. The van der Waals surface area contributed by atoms with E-state index in [1.54, 1.807) is 35.3 Å². The van der Waals surface area contributed by atoms with Gasteiger partial charge in [-0.2, -0.15) is 0 Å². The smallest absolute Gasteiger partial charge is 0.252 e. The zero-order valence-corrected chi connectivity index (χ0v) is 32.4. The van der Waals surface area contributed by atoms with Crippen LogP contribution in [0.3, 0.4) is 0 Å². The third-order valence-corrected chi connectivity index (χ3v) is 11.4. The molecular weight excluding hydrogens is 735 g/mol. The van der Waals surface area contributed by atoms with Crippen LogP contribution in [0.15, 0.2) is 72.9 Å². The fourth-order valence-corrected chi connectivity index (χ4v) is 8.27. The number of hydrogen-bond donors (Lipinski definition) is 2. The summed E-state index contributed by atoms with van der Waals surface area (Å²) in [7, 11) is 0. The summed E-state index contributed by atoms with van der Waals surface area (Å²) in [6, 6.07) is 14.5. The first-order valence-corrected chi connectivity index (χ1v) is 20.0. The number of benzene rings is 3. The molecule has 5 aromatic rings. The number of anilines is 1. The van der Waals surface area contributed by atoms with E-state index in [1.807, 2.05) is 28.5 Å². The molecule has 0 atom stereocenters. The van der Waals surface area contributed by atoms with Crippen molar-refractivity contribution >= 4 is 39.9 Å². The first-order chi connectivity index (χ1) is 27.3. The van der Waals surface area contributed by atoms with E-state index in [0.717, 1.165) is 66.9 Å². The van der Waals surface area contributed by atoms with Crippen LogP contribution >= 0.6 is 11.3 Å². The van der Waals surface area contributed by atoms with Gasteiger partial charge in [0, 0.05) is 66.0 Å². The molecule has 13 heteroatoms. The maximum Gasteiger partial charge on any atom is 0.252 e. The minimum absolute atomic E-state index is 0.00564. The van der Waals surface area contributed by atoms with Gasteiger partial charge in [0.2, 0.25) is 5.91 Å². The second-order valence-electron chi connectivity index (χ2n) is 14.1. The Hall–Kier alpha value is -5.40. The van der Waals surface area contributed by atoms with Crippen molar-refractivity contribution in [3.05, 3.63) is 112 Å². The topological polar surface area (TPSA) is 109 Å². The molecule has 1 saturated heterocycles. The normalized spacial score (nSPS) is 13.9. The number of carbonyl (C=O) groups excluding carboxylic acids is 2. The zero-order valence-electron chi connectivity index (χ0n) is 31.5. The number of fused-ring (bicyclic) bond motifs is 2. The van der Waals surface area contributed by atoms with Crippen LogP contribution in [0.5, 0.6) is 11.5 Å². The standard InChI is InChI=1S/C43H46F2N6O4S/c1-3-37(52)50-17-19-51(20-18-50)42-31-22-28(2)38(40(45)41(31)48-27-49-42)39-34(44)10-9-11-35(39)54-21-8-6-4-5-7-16-46-23-29-12-14-30(15-13-29)55-25-36-32-24-47-43(53)33(32)26-56-36/h3,9-15,22,26-27,46H,1,4-8,16-21,23-25H2,2H3,(H,47,53). The molecule has 0 radical (unpaired) electrons. The Balaban J connectivity index is 0.846. The fraction of sp³-hybridized carbons (Fsp3) is 0.349. The molecule has 0 spiro atoms. The monoisotopic (exact) mass is 780 g/mol. The summed E-state index contributed by atoms with van der Waals surface area (Å²) < 4.78 is 43.9. The molecule has 2 aliphatic heterocycles. The highest BCUT2D eigenvalue weighted by atomic mass is 32.1. The third kappa shape index (κ3) is 8.69. The molecule has 2 aliphatic rings. The van der Waals surface area contributed by atoms with Gasteiger partial charge >= 0.3 is 0 Å². The molecule has 2 aromatic heterocycles. The largest absolute Gasteiger partial charge is 0.493 e. The van der Waals surface area contributed by atoms with Crippen LogP contribution in [0, 0.1) is 18.6 Å². The number of unbranched alkanes of at least 4 members (excludes halogenated alkanes) is 4. The maximum absolute atomic E-state index is 16.4. The highest BCUT2D eigenvalue weighted by Crippen LogP contribution is 2.40. The fourth-order valence-electron chi connectivity index (χ4n) is 7.31. The lowest BCUT2D eigenvalue weighted by Crippen LogP contribution is -2.48. The van der Waals surface area contributed by atoms with Crippen molar-refractivity contribution in [3.63, 3.8) is 0 Å². The van der Waals surface area contributed by atoms with E-state index < -0.39 is 11.6 Å². The predicted molar refractivity (Wildman–Crippen MR) is 215 cm³/mol. The van der Waals surface area contributed by atoms with Gasteiger partial charge < -0.3 is 29.9 Å². The van der Waals surface area contributed by atoms with E-state index in [1.165, 1.54) is 24.0 Å². The minimum atomic E-state index is -0.621. The van der Waals surface area contributed by atoms with Crippen LogP contribution in [0.25, 0.3) is 22.0 Å². The lowest BCUT2D eigenvalue weighted by molar-refractivity contribution is -0.126. The molecule has 0 saturated carbocycles. The van der Waals surface area contributed by atoms with Gasteiger partial charge in [0.15, 0.2) is 5.82 Å². The van der Waals surface area contributed by atoms with Crippen LogP contribution in [-0.2, 0) is 24.5 Å². The lowest BCUT2D eigenvalue weighted by Gasteiger charge is -2.35. The van der Waals surface area contributed by atoms with Crippen LogP contribution in [0.1, 0.15) is 64.0 Å². The van der Waals surface area contributed by atoms with Crippen LogP contribution in [0.2, 0.25) is 0 Å². The molecule has 4 heterocycles. The quantitative estimate of drug-likeness (QED) is 0.0730. The molecule has 2 N–H and O–H groups in total. The molecule has 2 amide bonds. The van der Waals surface area contributed by atoms with Crippen LogP contribution in [-0.4, -0.2) is 66.0 Å². The van der Waals surface area contributed by atoms with Crippen molar-refractivity contribution < 1.29 is 27.8 Å². The summed E-state index contributed by atoms with van der Waals surface area (Å²) >= 11 is 1.57. The van der Waals surface area contributed by atoms with Crippen molar-refractivity contribution in [3.8, 4) is 22.6 Å². The summed E-state index contributed by atoms with van der Waals surface area (Å²) in [5.74, 6) is 0.376. The molecular formula is C43H46F2N6O4S. The van der Waals surface area contributed by atoms with Gasteiger partial charge in [-0.1, -0.05) is 44.0 Å². The molecule has 3 aromatic carbocycles. The zero-order chi connectivity index (χ0) is 39.0. The molecule has 7 rings (SSSR count). The van der Waals surface area contributed by atoms with Gasteiger partial charge in [0.1, 0.15) is 41.6 Å². The minimum Gasteiger partial charge on any atom is -0.493 e. The number of ether oxygens (including phenoxy) is 2. The lowest BCUT2D eigenvalue weighted by atomic mass is 9.96. The van der Waals surface area contributed by atoms with Gasteiger partial charge in [-0.25, -0.2) is 18.7 Å². The molecule has 1 fully saturated rings. The number of nitrogens with one attached hydrogen (secondary N) is 2. The summed E-state index contributed by atoms with van der Waals surface area (Å²) in [5.41, 5.74) is 3.88. The van der Waals surface area contributed by atoms with E-state index in [-0.39, 0.29) is 28.5 Å². The SMILES string of the molecule is C=CC(=O)N1CCN(c2ncnc3c(F)c(-c4c(F)cccc4OCCCCCCCNCc4ccc(OCc5scc6c5CNC6=O)cc4)c(C)cc23)CC1. The second kappa shape index (κ2) is 18.0. The van der Waals surface area contributed by atoms with Crippen LogP contribution < -0.4 is 25.0 Å². The van der Waals surface area contributed by atoms with E-state index in [0.29, 0.717) is 68.5 Å². The number of halogens is 2. The number of nitrogens with zero attached hydrogens (tertiary/aromatic N) is 4. The first kappa shape index (κ1) is 38.9. The molecule has 0 unspecified atom stereocenters. The van der Waals surface area contributed by atoms with Gasteiger partial charge in [0.25, 0.3) is 5.91 Å². The maximum atomic E-state index is 16.4. The van der Waals surface area contributed by atoms with E-state index >= 15 is 8.78 Å². The van der Waals surface area contributed by atoms with Crippen molar-refractivity contribution in [2.45, 2.75) is 58.7 Å². The average molecular weight is 781 g/mol. The Bertz CT molecular complexity index is 2200. The second-order valence-corrected chi connectivity index (χ2v) is 15.0. The van der Waals surface area contributed by atoms with E-state index in [9.17, 15) is 9.59 Å². The Morgan fingerprint density at radius 3 is 2.59 bits per heavy atom. The average Bonchev–Trinajstić information content (AvgIpc) is 3.80. The van der Waals surface area contributed by atoms with Crippen molar-refractivity contribution in [2.75, 3.05) is 44.2 Å². The number of aromatic nitrogens is 2. The van der Waals surface area contributed by atoms with E-state index in [4.69, 9.17) is 9.47 Å². The number of carbonyl (C=O) groups is 2. The Morgan fingerprint density at radius 1 is 1.00 bits per heavy atom. The van der Waals surface area contributed by atoms with Gasteiger partial charge in [-0.3, -0.25) is 9.59 Å². The van der Waals surface area contributed by atoms with Gasteiger partial charge in [-0.15, -0.1) is 11.3 Å². The molecule has 0 bridgehead atoms. The number of aryl methyl sites for hydroxylation is 1. The Labute approximate surface area is 329 Å². The number of hydrogen-bond acceptors (Lipinski definition) is 9. The number of rotatable bonds is 17. The Morgan fingerprint density at radius 2 is 1.79 bits per heavy atom. The third-order valence-electron chi connectivity index (χ3n) is 10.4. The summed E-state index contributed by atoms with van der Waals surface area (Å²) in [6.45, 7) is 10.5. The molecule has 0 aliphatic carbocycles. The first-order valence-electron chi connectivity index (χ1n) is 19.1. The summed E-state index contributed by atoms with van der Waals surface area (Å²) in [4.78, 5) is 37.4. The Kier molecular flexibility index (Phi) is 12.5. The summed E-state index contributed by atoms with van der Waals surface area (Å²) in [5, 5.41) is 8.80. The highest BCUT2D eigenvalue weighted by Gasteiger charge is 2.27. The molecule has 10 nitrogen and oxygen atoms in total. The number of amides is 2. The summed E-state index contributed by atoms with van der Waals surface area (Å²) in [6.07, 6.45) is 7.57. The van der Waals surface area contributed by atoms with Crippen LogP contribution in [0.4, 0.5) is 14.6 Å². The van der Waals surface area contributed by atoms with Gasteiger partial charge in [-0.05, 0) is 73.8 Å². The number of thiophene rings is 1. The number of piperazine rings is 1. The van der Waals surface area contributed by atoms with Crippen molar-refractivity contribution in [1.82, 2.24) is 25.5 Å². The van der Waals surface area contributed by atoms with Gasteiger partial charge in [0.05, 0.1) is 17.7 Å². The van der Waals surface area contributed by atoms with Crippen molar-refractivity contribution in [1.29, 1.82) is 0 Å². The molecule has 292 valence electrons. The van der Waals surface area contributed by atoms with E-state index in [2.05, 4.69) is 39.3 Å². The molecule has 56 heavy (non-hydrogen) atoms. The predicted octanol–water partition coefficient (Wildman–Crippen LogP) is 7.72. The van der Waals surface area contributed by atoms with Crippen molar-refractivity contribution in [2.24, 2.45) is 0 Å².